The van der Waals surface area contributed by atoms with Crippen molar-refractivity contribution in [3.8, 4) is 11.5 Å². The molecular formula is C10H13N3OS. The molecule has 0 aliphatic carbocycles. The smallest absolute Gasteiger partial charge is 0.260 e. The van der Waals surface area contributed by atoms with Crippen LogP contribution in [0.3, 0.4) is 0 Å². The lowest BCUT2D eigenvalue weighted by Crippen LogP contribution is -1.86. The lowest BCUT2D eigenvalue weighted by molar-refractivity contribution is 0.422. The molecule has 15 heavy (non-hydrogen) atoms. The molecule has 0 saturated carbocycles. The van der Waals surface area contributed by atoms with E-state index in [-0.39, 0.29) is 0 Å². The van der Waals surface area contributed by atoms with Gasteiger partial charge in [-0.1, -0.05) is 12.1 Å². The van der Waals surface area contributed by atoms with Crippen LogP contribution >= 0.6 is 11.3 Å². The van der Waals surface area contributed by atoms with Crippen molar-refractivity contribution in [3.05, 3.63) is 16.8 Å². The first-order chi connectivity index (χ1) is 7.20. The number of aromatic nitrogens is 2. The van der Waals surface area contributed by atoms with E-state index in [0.717, 1.165) is 34.1 Å². The molecular weight excluding hydrogens is 210 g/mol. The zero-order valence-electron chi connectivity index (χ0n) is 8.78. The monoisotopic (exact) mass is 223 g/mol. The van der Waals surface area contributed by atoms with Gasteiger partial charge >= 0.3 is 0 Å². The van der Waals surface area contributed by atoms with Crippen LogP contribution in [0.1, 0.15) is 24.0 Å². The van der Waals surface area contributed by atoms with Crippen LogP contribution in [0.2, 0.25) is 0 Å². The van der Waals surface area contributed by atoms with Gasteiger partial charge in [-0.3, -0.25) is 0 Å². The number of nitrogens with two attached hydrogens (primary N) is 1. The third kappa shape index (κ3) is 2.02. The minimum atomic E-state index is 0.528. The predicted octanol–water partition coefficient (Wildman–Crippen LogP) is 2.64. The highest BCUT2D eigenvalue weighted by Gasteiger charge is 2.13. The van der Waals surface area contributed by atoms with Gasteiger partial charge in [0.1, 0.15) is 0 Å². The topological polar surface area (TPSA) is 64.9 Å². The molecule has 0 unspecified atom stereocenters. The van der Waals surface area contributed by atoms with E-state index in [9.17, 15) is 0 Å². The van der Waals surface area contributed by atoms with Gasteiger partial charge in [0.15, 0.2) is 5.82 Å². The maximum Gasteiger partial charge on any atom is 0.260 e. The first-order valence-electron chi connectivity index (χ1n) is 4.89. The minimum absolute atomic E-state index is 0.528. The average molecular weight is 223 g/mol. The lowest BCUT2D eigenvalue weighted by Gasteiger charge is -1.89. The Morgan fingerprint density at radius 1 is 1.53 bits per heavy atom. The number of thiophene rings is 1. The van der Waals surface area contributed by atoms with Crippen molar-refractivity contribution in [1.82, 2.24) is 10.1 Å². The summed E-state index contributed by atoms with van der Waals surface area (Å²) in [4.78, 5) is 5.44. The van der Waals surface area contributed by atoms with E-state index in [2.05, 4.69) is 17.1 Å². The van der Waals surface area contributed by atoms with Crippen LogP contribution in [0.15, 0.2) is 10.6 Å². The molecule has 0 atom stereocenters. The van der Waals surface area contributed by atoms with Crippen molar-refractivity contribution < 1.29 is 4.52 Å². The normalized spacial score (nSPS) is 10.8. The van der Waals surface area contributed by atoms with Crippen LogP contribution in [0.25, 0.3) is 11.5 Å². The van der Waals surface area contributed by atoms with Gasteiger partial charge in [0.05, 0.1) is 10.6 Å². The summed E-state index contributed by atoms with van der Waals surface area (Å²) in [5.41, 5.74) is 6.70. The number of aryl methyl sites for hydroxylation is 2. The van der Waals surface area contributed by atoms with Crippen molar-refractivity contribution in [2.75, 3.05) is 5.73 Å². The molecule has 2 N–H and O–H groups in total. The van der Waals surface area contributed by atoms with E-state index in [1.165, 1.54) is 11.3 Å². The fraction of sp³-hybridized carbons (Fsp3) is 0.400. The summed E-state index contributed by atoms with van der Waals surface area (Å²) >= 11 is 1.54. The minimum Gasteiger partial charge on any atom is -0.390 e. The molecule has 0 radical (unpaired) electrons. The van der Waals surface area contributed by atoms with E-state index >= 15 is 0 Å². The quantitative estimate of drug-likeness (QED) is 0.868. The molecule has 80 valence electrons. The summed E-state index contributed by atoms with van der Waals surface area (Å²) in [6.45, 7) is 4.09. The third-order valence-corrected chi connectivity index (χ3v) is 2.94. The fourth-order valence-electron chi connectivity index (χ4n) is 1.39. The predicted molar refractivity (Wildman–Crippen MR) is 60.8 cm³/mol. The van der Waals surface area contributed by atoms with Crippen LogP contribution in [-0.4, -0.2) is 10.1 Å². The number of rotatable bonds is 3. The summed E-state index contributed by atoms with van der Waals surface area (Å²) < 4.78 is 5.16. The van der Waals surface area contributed by atoms with Crippen LogP contribution in [0, 0.1) is 6.92 Å². The van der Waals surface area contributed by atoms with Crippen LogP contribution in [-0.2, 0) is 6.42 Å². The Morgan fingerprint density at radius 2 is 2.33 bits per heavy atom. The molecule has 0 spiro atoms. The van der Waals surface area contributed by atoms with Crippen LogP contribution < -0.4 is 5.73 Å². The van der Waals surface area contributed by atoms with E-state index in [0.29, 0.717) is 5.89 Å². The van der Waals surface area contributed by atoms with Crippen molar-refractivity contribution in [1.29, 1.82) is 0 Å². The van der Waals surface area contributed by atoms with E-state index < -0.39 is 0 Å². The Morgan fingerprint density at radius 3 is 2.93 bits per heavy atom. The SMILES string of the molecule is CCCc1noc(-c2cc(C)sc2N)n1. The Bertz CT molecular complexity index is 461. The summed E-state index contributed by atoms with van der Waals surface area (Å²) in [6, 6.07) is 1.98. The van der Waals surface area contributed by atoms with Crippen LogP contribution in [0.5, 0.6) is 0 Å². The second-order valence-corrected chi connectivity index (χ2v) is 4.69. The van der Waals surface area contributed by atoms with Crippen molar-refractivity contribution in [2.45, 2.75) is 26.7 Å². The molecule has 2 rings (SSSR count). The number of hydrogen-bond donors (Lipinski definition) is 1. The van der Waals surface area contributed by atoms with Gasteiger partial charge in [-0.15, -0.1) is 11.3 Å². The number of nitrogen functional groups attached to an aromatic ring is 1. The number of anilines is 1. The molecule has 4 nitrogen and oxygen atoms in total. The first kappa shape index (κ1) is 10.2. The van der Waals surface area contributed by atoms with Crippen LogP contribution in [0.4, 0.5) is 5.00 Å². The standard InChI is InChI=1S/C10H13N3OS/c1-3-4-8-12-10(14-13-8)7-5-6(2)15-9(7)11/h5H,3-4,11H2,1-2H3. The molecule has 0 amide bonds. The molecule has 2 aromatic rings. The Balaban J connectivity index is 2.32. The van der Waals surface area contributed by atoms with Crippen molar-refractivity contribution in [3.63, 3.8) is 0 Å². The molecule has 2 aromatic heterocycles. The lowest BCUT2D eigenvalue weighted by atomic mass is 10.3. The zero-order valence-corrected chi connectivity index (χ0v) is 9.60. The summed E-state index contributed by atoms with van der Waals surface area (Å²) in [5.74, 6) is 1.27. The second-order valence-electron chi connectivity index (χ2n) is 3.40. The fourth-order valence-corrected chi connectivity index (χ4v) is 2.17. The third-order valence-electron chi connectivity index (χ3n) is 2.06. The summed E-state index contributed by atoms with van der Waals surface area (Å²) in [6.07, 6.45) is 1.85. The van der Waals surface area contributed by atoms with Gasteiger partial charge in [0.2, 0.25) is 0 Å². The molecule has 0 bridgehead atoms. The summed E-state index contributed by atoms with van der Waals surface area (Å²) in [5, 5.41) is 4.63. The molecule has 2 heterocycles. The maximum atomic E-state index is 5.85. The van der Waals surface area contributed by atoms with E-state index in [4.69, 9.17) is 10.3 Å². The van der Waals surface area contributed by atoms with Gasteiger partial charge in [0.25, 0.3) is 5.89 Å². The molecule has 0 aromatic carbocycles. The number of nitrogens with zero attached hydrogens (tertiary/aromatic N) is 2. The van der Waals surface area contributed by atoms with Crippen molar-refractivity contribution >= 4 is 16.3 Å². The molecule has 0 aliphatic rings. The average Bonchev–Trinajstić information content (AvgIpc) is 2.73. The van der Waals surface area contributed by atoms with Gasteiger partial charge in [-0.05, 0) is 19.4 Å². The number of hydrogen-bond acceptors (Lipinski definition) is 5. The molecule has 5 heteroatoms. The Labute approximate surface area is 92.1 Å². The first-order valence-corrected chi connectivity index (χ1v) is 5.71. The largest absolute Gasteiger partial charge is 0.390 e. The Kier molecular flexibility index (Phi) is 2.73. The second kappa shape index (κ2) is 4.02. The highest BCUT2D eigenvalue weighted by molar-refractivity contribution is 7.16. The van der Waals surface area contributed by atoms with Gasteiger partial charge in [0, 0.05) is 11.3 Å². The van der Waals surface area contributed by atoms with Gasteiger partial charge in [-0.25, -0.2) is 0 Å². The Hall–Kier alpha value is -1.36. The molecule has 0 saturated heterocycles. The van der Waals surface area contributed by atoms with Gasteiger partial charge < -0.3 is 10.3 Å². The highest BCUT2D eigenvalue weighted by Crippen LogP contribution is 2.32. The molecule has 0 fully saturated rings. The van der Waals surface area contributed by atoms with E-state index in [1.54, 1.807) is 0 Å². The van der Waals surface area contributed by atoms with Gasteiger partial charge in [-0.2, -0.15) is 4.98 Å². The van der Waals surface area contributed by atoms with E-state index in [1.807, 2.05) is 13.0 Å². The highest BCUT2D eigenvalue weighted by atomic mass is 32.1. The summed E-state index contributed by atoms with van der Waals surface area (Å²) in [7, 11) is 0. The maximum absolute atomic E-state index is 5.85. The molecule has 0 aliphatic heterocycles. The van der Waals surface area contributed by atoms with Crippen molar-refractivity contribution in [2.24, 2.45) is 0 Å². The zero-order chi connectivity index (χ0) is 10.8.